The summed E-state index contributed by atoms with van der Waals surface area (Å²) in [6.07, 6.45) is -9.30. The predicted molar refractivity (Wildman–Crippen MR) is 145 cm³/mol. The minimum atomic E-state index is -5.07. The zero-order chi connectivity index (χ0) is 31.8. The molecular weight excluding hydrogens is 598 g/mol. The van der Waals surface area contributed by atoms with Crippen molar-refractivity contribution < 1.29 is 45.5 Å². The monoisotopic (exact) mass is 624 g/mol. The summed E-state index contributed by atoms with van der Waals surface area (Å²) in [6.45, 7) is -0.220. The van der Waals surface area contributed by atoms with Gasteiger partial charge in [-0.2, -0.15) is 26.3 Å². The Kier molecular flexibility index (Phi) is 8.27. The van der Waals surface area contributed by atoms with E-state index in [-0.39, 0.29) is 32.4 Å². The minimum Gasteiger partial charge on any atom is -0.338 e. The number of nitrogens with one attached hydrogen (secondary N) is 3. The van der Waals surface area contributed by atoms with Gasteiger partial charge < -0.3 is 25.4 Å². The maximum atomic E-state index is 12.9. The number of aromatic nitrogens is 2. The first kappa shape index (κ1) is 30.8. The first-order valence-corrected chi connectivity index (χ1v) is 13.7. The normalized spacial score (nSPS) is 19.0. The summed E-state index contributed by atoms with van der Waals surface area (Å²) in [5.74, 6) is -4.83. The van der Waals surface area contributed by atoms with Crippen LogP contribution in [0.25, 0.3) is 22.4 Å². The van der Waals surface area contributed by atoms with Crippen LogP contribution in [0.2, 0.25) is 0 Å². The van der Waals surface area contributed by atoms with Crippen molar-refractivity contribution in [3.8, 4) is 11.4 Å². The Labute approximate surface area is 245 Å². The molecule has 0 bridgehead atoms. The van der Waals surface area contributed by atoms with Gasteiger partial charge in [0.1, 0.15) is 11.9 Å². The van der Waals surface area contributed by atoms with Gasteiger partial charge in [-0.05, 0) is 68.1 Å². The average molecular weight is 625 g/mol. The smallest absolute Gasteiger partial charge is 0.338 e. The van der Waals surface area contributed by atoms with Gasteiger partial charge in [-0.1, -0.05) is 0 Å². The third-order valence-corrected chi connectivity index (χ3v) is 7.55. The highest BCUT2D eigenvalue weighted by Gasteiger charge is 2.48. The number of imidazole rings is 1. The van der Waals surface area contributed by atoms with Gasteiger partial charge in [0.2, 0.25) is 11.8 Å². The Hall–Kier alpha value is -4.63. The standard InChI is InChI=1S/C28H26F6N6O4/c29-27(30,31)25(43)39-11-1-3-18(39)14-22(41)35-16-7-5-15(6-8-16)23-37-19-10-9-17(13-20(19)38-23)36-24(42)21-4-2-12-40(21)26(44)28(32,33)34/h5-10,13,18,21H,1-4,11-12,14H2,(H,35,41)(H,36,42)(H,37,38). The van der Waals surface area contributed by atoms with Crippen LogP contribution in [0.1, 0.15) is 32.1 Å². The van der Waals surface area contributed by atoms with E-state index in [1.165, 1.54) is 6.07 Å². The number of carbonyl (C=O) groups is 4. The van der Waals surface area contributed by atoms with Crippen LogP contribution in [0.4, 0.5) is 37.7 Å². The molecule has 1 aromatic heterocycles. The summed E-state index contributed by atoms with van der Waals surface area (Å²) in [7, 11) is 0. The van der Waals surface area contributed by atoms with Gasteiger partial charge in [-0.15, -0.1) is 0 Å². The molecule has 44 heavy (non-hydrogen) atoms. The van der Waals surface area contributed by atoms with Gasteiger partial charge in [0.05, 0.1) is 11.0 Å². The Morgan fingerprint density at radius 1 is 0.818 bits per heavy atom. The molecule has 3 N–H and O–H groups in total. The highest BCUT2D eigenvalue weighted by atomic mass is 19.4. The van der Waals surface area contributed by atoms with E-state index in [0.717, 1.165) is 0 Å². The second-order valence-corrected chi connectivity index (χ2v) is 10.6. The summed E-state index contributed by atoms with van der Waals surface area (Å²) in [5, 5.41) is 5.19. The molecular formula is C28H26F6N6O4. The van der Waals surface area contributed by atoms with Crippen molar-refractivity contribution in [3.05, 3.63) is 42.5 Å². The molecule has 10 nitrogen and oxygen atoms in total. The van der Waals surface area contributed by atoms with Crippen molar-refractivity contribution in [2.75, 3.05) is 23.7 Å². The highest BCUT2D eigenvalue weighted by Crippen LogP contribution is 2.29. The Morgan fingerprint density at radius 2 is 1.43 bits per heavy atom. The SMILES string of the molecule is O=C(CC1CCCN1C(=O)C(F)(F)F)Nc1ccc(-c2nc3ccc(NC(=O)C4CCCN4C(=O)C(F)(F)F)cc3[nH]2)cc1. The number of nitrogens with zero attached hydrogens (tertiary/aromatic N) is 3. The summed E-state index contributed by atoms with van der Waals surface area (Å²) >= 11 is 0. The fourth-order valence-corrected chi connectivity index (χ4v) is 5.51. The number of aromatic amines is 1. The molecule has 0 saturated carbocycles. The molecule has 16 heteroatoms. The second-order valence-electron chi connectivity index (χ2n) is 10.6. The number of alkyl halides is 6. The van der Waals surface area contributed by atoms with E-state index < -0.39 is 48.1 Å². The van der Waals surface area contributed by atoms with Gasteiger partial charge in [-0.3, -0.25) is 19.2 Å². The fraction of sp³-hybridized carbons (Fsp3) is 0.393. The molecule has 2 aromatic carbocycles. The average Bonchev–Trinajstić information content (AvgIpc) is 3.71. The highest BCUT2D eigenvalue weighted by molar-refractivity contribution is 5.99. The molecule has 5 rings (SSSR count). The zero-order valence-electron chi connectivity index (χ0n) is 22.9. The van der Waals surface area contributed by atoms with Gasteiger partial charge in [-0.25, -0.2) is 4.98 Å². The number of rotatable bonds is 6. The first-order valence-electron chi connectivity index (χ1n) is 13.7. The molecule has 2 unspecified atom stereocenters. The molecule has 0 radical (unpaired) electrons. The number of likely N-dealkylation sites (tertiary alicyclic amines) is 2. The summed E-state index contributed by atoms with van der Waals surface area (Å²) in [4.78, 5) is 57.3. The third kappa shape index (κ3) is 6.63. The van der Waals surface area contributed by atoms with Gasteiger partial charge >= 0.3 is 24.2 Å². The van der Waals surface area contributed by atoms with E-state index in [1.54, 1.807) is 36.4 Å². The molecule has 2 atom stereocenters. The molecule has 0 spiro atoms. The maximum absolute atomic E-state index is 12.9. The molecule has 3 aromatic rings. The van der Waals surface area contributed by atoms with Crippen LogP contribution in [0.15, 0.2) is 42.5 Å². The Balaban J connectivity index is 1.21. The fourth-order valence-electron chi connectivity index (χ4n) is 5.51. The van der Waals surface area contributed by atoms with E-state index in [2.05, 4.69) is 20.6 Å². The number of anilines is 2. The first-order chi connectivity index (χ1) is 20.7. The van der Waals surface area contributed by atoms with Crippen LogP contribution < -0.4 is 10.6 Å². The van der Waals surface area contributed by atoms with Gasteiger partial charge in [0.15, 0.2) is 0 Å². The van der Waals surface area contributed by atoms with E-state index in [9.17, 15) is 45.5 Å². The van der Waals surface area contributed by atoms with Gasteiger partial charge in [0, 0.05) is 42.5 Å². The molecule has 3 heterocycles. The molecule has 2 aliphatic heterocycles. The largest absolute Gasteiger partial charge is 0.471 e. The second kappa shape index (κ2) is 11.8. The molecule has 234 valence electrons. The topological polar surface area (TPSA) is 128 Å². The van der Waals surface area contributed by atoms with Crippen LogP contribution in [0, 0.1) is 0 Å². The predicted octanol–water partition coefficient (Wildman–Crippen LogP) is 4.60. The quantitative estimate of drug-likeness (QED) is 0.346. The Morgan fingerprint density at radius 3 is 2.11 bits per heavy atom. The van der Waals surface area contributed by atoms with Crippen LogP contribution in [0.3, 0.4) is 0 Å². The van der Waals surface area contributed by atoms with E-state index >= 15 is 0 Å². The number of H-pyrrole nitrogens is 1. The van der Waals surface area contributed by atoms with Crippen molar-refractivity contribution >= 4 is 46.0 Å². The molecule has 2 aliphatic rings. The van der Waals surface area contributed by atoms with Crippen molar-refractivity contribution in [2.45, 2.75) is 56.5 Å². The summed E-state index contributed by atoms with van der Waals surface area (Å²) in [6, 6.07) is 9.06. The van der Waals surface area contributed by atoms with E-state index in [0.29, 0.717) is 56.4 Å². The van der Waals surface area contributed by atoms with Gasteiger partial charge in [0.25, 0.3) is 0 Å². The van der Waals surface area contributed by atoms with Crippen molar-refractivity contribution in [2.24, 2.45) is 0 Å². The zero-order valence-corrected chi connectivity index (χ0v) is 22.9. The number of hydrogen-bond acceptors (Lipinski definition) is 5. The minimum absolute atomic E-state index is 0.0571. The number of benzene rings is 2. The molecule has 0 aliphatic carbocycles. The molecule has 2 fully saturated rings. The van der Waals surface area contributed by atoms with E-state index in [4.69, 9.17) is 0 Å². The lowest BCUT2D eigenvalue weighted by molar-refractivity contribution is -0.186. The summed E-state index contributed by atoms with van der Waals surface area (Å²) in [5.41, 5.74) is 2.34. The van der Waals surface area contributed by atoms with Crippen LogP contribution >= 0.6 is 0 Å². The van der Waals surface area contributed by atoms with Crippen molar-refractivity contribution in [1.82, 2.24) is 19.8 Å². The Bertz CT molecular complexity index is 1590. The number of amides is 4. The lowest BCUT2D eigenvalue weighted by Crippen LogP contribution is -2.48. The lowest BCUT2D eigenvalue weighted by atomic mass is 10.1. The summed E-state index contributed by atoms with van der Waals surface area (Å²) < 4.78 is 77.3. The molecule has 4 amide bonds. The number of fused-ring (bicyclic) bond motifs is 1. The molecule has 2 saturated heterocycles. The van der Waals surface area contributed by atoms with Crippen LogP contribution in [-0.4, -0.2) is 80.9 Å². The third-order valence-electron chi connectivity index (χ3n) is 7.55. The number of halogens is 6. The number of carbonyl (C=O) groups excluding carboxylic acids is 4. The van der Waals surface area contributed by atoms with Crippen molar-refractivity contribution in [3.63, 3.8) is 0 Å². The lowest BCUT2D eigenvalue weighted by Gasteiger charge is -2.25. The van der Waals surface area contributed by atoms with Crippen molar-refractivity contribution in [1.29, 1.82) is 0 Å². The van der Waals surface area contributed by atoms with Crippen LogP contribution in [0.5, 0.6) is 0 Å². The van der Waals surface area contributed by atoms with Crippen LogP contribution in [-0.2, 0) is 19.2 Å². The number of hydrogen-bond donors (Lipinski definition) is 3. The van der Waals surface area contributed by atoms with E-state index in [1.807, 2.05) is 0 Å². The maximum Gasteiger partial charge on any atom is 0.471 e.